The number of β-lactam (4-membered cyclic amide) rings is 1. The molecule has 1 saturated carbocycles. The number of pyridine rings is 1. The van der Waals surface area contributed by atoms with Crippen molar-refractivity contribution in [2.75, 3.05) is 13.1 Å². The molecule has 2 aromatic rings. The second-order valence-electron chi connectivity index (χ2n) is 8.55. The van der Waals surface area contributed by atoms with Crippen LogP contribution < -0.4 is 0 Å². The Bertz CT molecular complexity index is 914. The van der Waals surface area contributed by atoms with E-state index in [1.54, 1.807) is 29.8 Å². The van der Waals surface area contributed by atoms with E-state index in [9.17, 15) is 9.59 Å². The van der Waals surface area contributed by atoms with Gasteiger partial charge in [0, 0.05) is 31.5 Å². The molecule has 7 heteroatoms. The van der Waals surface area contributed by atoms with Crippen molar-refractivity contribution < 1.29 is 9.59 Å². The lowest BCUT2D eigenvalue weighted by atomic mass is 9.67. The van der Waals surface area contributed by atoms with Gasteiger partial charge in [-0.15, -0.1) is 11.3 Å². The number of nitrogens with zero attached hydrogens (tertiary/aromatic N) is 4. The Kier molecular flexibility index (Phi) is 4.65. The van der Waals surface area contributed by atoms with Crippen LogP contribution in [0.15, 0.2) is 30.0 Å². The second-order valence-corrected chi connectivity index (χ2v) is 9.43. The maximum atomic E-state index is 13.4. The summed E-state index contributed by atoms with van der Waals surface area (Å²) < 4.78 is 0. The average Bonchev–Trinajstić information content (AvgIpc) is 3.43. The summed E-state index contributed by atoms with van der Waals surface area (Å²) in [5.74, 6) is 0.374. The quantitative estimate of drug-likeness (QED) is 0.725. The van der Waals surface area contributed by atoms with Gasteiger partial charge in [0.25, 0.3) is 5.91 Å². The summed E-state index contributed by atoms with van der Waals surface area (Å²) in [4.78, 5) is 39.9. The molecule has 5 rings (SSSR count). The van der Waals surface area contributed by atoms with Gasteiger partial charge in [-0.3, -0.25) is 14.6 Å². The molecule has 152 valence electrons. The summed E-state index contributed by atoms with van der Waals surface area (Å²) in [7, 11) is 0. The number of hydrogen-bond donors (Lipinski definition) is 0. The van der Waals surface area contributed by atoms with Crippen LogP contribution in [0.25, 0.3) is 0 Å². The molecule has 6 nitrogen and oxygen atoms in total. The van der Waals surface area contributed by atoms with Gasteiger partial charge in [-0.05, 0) is 44.7 Å². The summed E-state index contributed by atoms with van der Waals surface area (Å²) in [6, 6.07) is 3.99. The minimum atomic E-state index is -0.194. The van der Waals surface area contributed by atoms with Crippen LogP contribution in [0, 0.1) is 12.3 Å². The summed E-state index contributed by atoms with van der Waals surface area (Å²) >= 11 is 1.69. The molecule has 29 heavy (non-hydrogen) atoms. The fourth-order valence-electron chi connectivity index (χ4n) is 5.53. The third-order valence-electron chi connectivity index (χ3n) is 7.04. The van der Waals surface area contributed by atoms with Crippen LogP contribution in [0.3, 0.4) is 0 Å². The highest BCUT2D eigenvalue weighted by Crippen LogP contribution is 2.61. The minimum Gasteiger partial charge on any atom is -0.338 e. The summed E-state index contributed by atoms with van der Waals surface area (Å²) in [5.41, 5.74) is 3.41. The Hall–Kier alpha value is -2.28. The number of thiazole rings is 1. The zero-order chi connectivity index (χ0) is 20.0. The molecule has 1 unspecified atom stereocenters. The zero-order valence-corrected chi connectivity index (χ0v) is 17.5. The number of piperidine rings is 1. The normalized spacial score (nSPS) is 24.2. The smallest absolute Gasteiger partial charge is 0.255 e. The van der Waals surface area contributed by atoms with Crippen LogP contribution in [-0.4, -0.2) is 50.7 Å². The Balaban J connectivity index is 1.33. The van der Waals surface area contributed by atoms with Crippen LogP contribution in [0.1, 0.15) is 65.5 Å². The summed E-state index contributed by atoms with van der Waals surface area (Å²) in [5, 5.41) is 0. The molecule has 0 bridgehead atoms. The molecule has 1 atom stereocenters. The molecule has 2 aromatic heterocycles. The molecule has 2 saturated heterocycles. The van der Waals surface area contributed by atoms with Crippen LogP contribution in [0.5, 0.6) is 0 Å². The molecule has 3 aliphatic rings. The molecule has 1 spiro atoms. The first-order valence-electron chi connectivity index (χ1n) is 10.5. The van der Waals surface area contributed by atoms with Crippen molar-refractivity contribution in [3.8, 4) is 0 Å². The van der Waals surface area contributed by atoms with E-state index in [1.165, 1.54) is 4.88 Å². The molecule has 0 N–H and O–H groups in total. The minimum absolute atomic E-state index is 0.0357. The van der Waals surface area contributed by atoms with E-state index in [0.29, 0.717) is 24.6 Å². The van der Waals surface area contributed by atoms with Crippen molar-refractivity contribution in [1.29, 1.82) is 0 Å². The fraction of sp³-hybridized carbons (Fsp3) is 0.545. The van der Waals surface area contributed by atoms with Gasteiger partial charge in [0.1, 0.15) is 0 Å². The third-order valence-corrected chi connectivity index (χ3v) is 8.03. The van der Waals surface area contributed by atoms with Crippen LogP contribution >= 0.6 is 11.3 Å². The van der Waals surface area contributed by atoms with Crippen molar-refractivity contribution in [1.82, 2.24) is 19.8 Å². The maximum Gasteiger partial charge on any atom is 0.255 e. The van der Waals surface area contributed by atoms with E-state index >= 15 is 0 Å². The predicted octanol–water partition coefficient (Wildman–Crippen LogP) is 3.60. The van der Waals surface area contributed by atoms with E-state index in [0.717, 1.165) is 44.2 Å². The van der Waals surface area contributed by atoms with Crippen molar-refractivity contribution in [2.45, 2.75) is 57.5 Å². The number of rotatable bonds is 3. The first-order chi connectivity index (χ1) is 14.1. The SMILES string of the molecule is Cc1ncsc1C1N(C2CCN(C(=O)c3cccnc3)CC2)C(=O)C12CCCC2. The Labute approximate surface area is 175 Å². The summed E-state index contributed by atoms with van der Waals surface area (Å²) in [6.07, 6.45) is 9.27. The third kappa shape index (κ3) is 2.89. The number of hydrogen-bond acceptors (Lipinski definition) is 5. The highest BCUT2D eigenvalue weighted by Gasteiger charge is 2.64. The molecule has 3 fully saturated rings. The lowest BCUT2D eigenvalue weighted by Crippen LogP contribution is -2.66. The maximum absolute atomic E-state index is 13.4. The summed E-state index contributed by atoms with van der Waals surface area (Å²) in [6.45, 7) is 3.43. The number of carbonyl (C=O) groups excluding carboxylic acids is 2. The number of likely N-dealkylation sites (tertiary alicyclic amines) is 2. The topological polar surface area (TPSA) is 66.4 Å². The van der Waals surface area contributed by atoms with E-state index in [2.05, 4.69) is 21.8 Å². The molecule has 1 aliphatic carbocycles. The van der Waals surface area contributed by atoms with Crippen molar-refractivity contribution in [3.05, 3.63) is 46.2 Å². The molecule has 0 aromatic carbocycles. The predicted molar refractivity (Wildman–Crippen MR) is 111 cm³/mol. The highest BCUT2D eigenvalue weighted by atomic mass is 32.1. The molecule has 4 heterocycles. The van der Waals surface area contributed by atoms with E-state index < -0.39 is 0 Å². The van der Waals surface area contributed by atoms with Crippen LogP contribution in [0.2, 0.25) is 0 Å². The van der Waals surface area contributed by atoms with E-state index in [1.807, 2.05) is 16.5 Å². The molecule has 0 radical (unpaired) electrons. The van der Waals surface area contributed by atoms with Crippen molar-refractivity contribution >= 4 is 23.2 Å². The zero-order valence-electron chi connectivity index (χ0n) is 16.7. The Morgan fingerprint density at radius 1 is 1.24 bits per heavy atom. The van der Waals surface area contributed by atoms with Gasteiger partial charge in [0.2, 0.25) is 5.91 Å². The van der Waals surface area contributed by atoms with E-state index in [4.69, 9.17) is 0 Å². The van der Waals surface area contributed by atoms with Crippen molar-refractivity contribution in [2.24, 2.45) is 5.41 Å². The van der Waals surface area contributed by atoms with E-state index in [-0.39, 0.29) is 23.4 Å². The average molecular weight is 411 g/mol. The molecular weight excluding hydrogens is 384 g/mol. The van der Waals surface area contributed by atoms with Crippen LogP contribution in [-0.2, 0) is 4.79 Å². The standard InChI is InChI=1S/C22H26N4O2S/c1-15-18(29-14-24-15)19-22(8-2-3-9-22)21(28)26(19)17-6-11-25(12-7-17)20(27)16-5-4-10-23-13-16/h4-5,10,13-14,17,19H,2-3,6-9,11-12H2,1H3. The number of carbonyl (C=O) groups is 2. The Morgan fingerprint density at radius 2 is 2.00 bits per heavy atom. The first kappa shape index (κ1) is 18.7. The van der Waals surface area contributed by atoms with Gasteiger partial charge in [-0.25, -0.2) is 4.98 Å². The molecule has 2 aliphatic heterocycles. The largest absolute Gasteiger partial charge is 0.338 e. The highest BCUT2D eigenvalue weighted by molar-refractivity contribution is 7.09. The number of aryl methyl sites for hydroxylation is 1. The Morgan fingerprint density at radius 3 is 2.62 bits per heavy atom. The van der Waals surface area contributed by atoms with Crippen molar-refractivity contribution in [3.63, 3.8) is 0 Å². The van der Waals surface area contributed by atoms with Gasteiger partial charge in [0.05, 0.1) is 33.1 Å². The van der Waals surface area contributed by atoms with Gasteiger partial charge in [-0.1, -0.05) is 12.8 Å². The molecular formula is C22H26N4O2S. The number of aromatic nitrogens is 2. The second kappa shape index (κ2) is 7.20. The van der Waals surface area contributed by atoms with Gasteiger partial charge >= 0.3 is 0 Å². The lowest BCUT2D eigenvalue weighted by Gasteiger charge is -2.58. The van der Waals surface area contributed by atoms with Gasteiger partial charge in [0.15, 0.2) is 0 Å². The monoisotopic (exact) mass is 410 g/mol. The van der Waals surface area contributed by atoms with Gasteiger partial charge < -0.3 is 9.80 Å². The fourth-order valence-corrected chi connectivity index (χ4v) is 6.55. The lowest BCUT2D eigenvalue weighted by molar-refractivity contribution is -0.180. The van der Waals surface area contributed by atoms with Crippen LogP contribution in [0.4, 0.5) is 0 Å². The number of amides is 2. The molecule has 2 amide bonds. The van der Waals surface area contributed by atoms with Gasteiger partial charge in [-0.2, -0.15) is 0 Å². The first-order valence-corrected chi connectivity index (χ1v) is 11.4.